The normalized spacial score (nSPS) is 11.8. The Labute approximate surface area is 121 Å². The summed E-state index contributed by atoms with van der Waals surface area (Å²) < 4.78 is 26.0. The second-order valence-electron chi connectivity index (χ2n) is 4.62. The molecule has 0 heterocycles. The van der Waals surface area contributed by atoms with Gasteiger partial charge < -0.3 is 15.7 Å². The molecule has 0 aromatic heterocycles. The molecule has 1 aromatic carbocycles. The molecule has 0 radical (unpaired) electrons. The van der Waals surface area contributed by atoms with Gasteiger partial charge in [0.05, 0.1) is 5.92 Å². The van der Waals surface area contributed by atoms with Crippen LogP contribution < -0.4 is 10.6 Å². The minimum Gasteiger partial charge on any atom is -0.481 e. The number of carboxylic acid groups (broad SMARTS) is 1. The molecule has 3 N–H and O–H groups in total. The van der Waals surface area contributed by atoms with Gasteiger partial charge in [-0.25, -0.2) is 13.6 Å². The summed E-state index contributed by atoms with van der Waals surface area (Å²) in [5, 5.41) is 13.7. The third-order valence-electron chi connectivity index (χ3n) is 2.95. The summed E-state index contributed by atoms with van der Waals surface area (Å²) in [6.45, 7) is 1.75. The van der Waals surface area contributed by atoms with Crippen molar-refractivity contribution in [3.63, 3.8) is 0 Å². The maximum absolute atomic E-state index is 13.3. The number of nitrogens with one attached hydrogen (secondary N) is 2. The summed E-state index contributed by atoms with van der Waals surface area (Å²) in [4.78, 5) is 22.4. The van der Waals surface area contributed by atoms with Crippen LogP contribution in [0.15, 0.2) is 18.2 Å². The third kappa shape index (κ3) is 5.76. The second kappa shape index (κ2) is 8.18. The Morgan fingerprint density at radius 2 is 2.00 bits per heavy atom. The lowest BCUT2D eigenvalue weighted by Gasteiger charge is -2.13. The number of benzene rings is 1. The Kier molecular flexibility index (Phi) is 6.58. The zero-order valence-corrected chi connectivity index (χ0v) is 11.7. The van der Waals surface area contributed by atoms with Crippen molar-refractivity contribution in [2.45, 2.75) is 26.3 Å². The maximum atomic E-state index is 13.3. The van der Waals surface area contributed by atoms with E-state index < -0.39 is 29.6 Å². The molecule has 116 valence electrons. The van der Waals surface area contributed by atoms with Crippen molar-refractivity contribution in [1.29, 1.82) is 0 Å². The van der Waals surface area contributed by atoms with E-state index in [1.807, 2.05) is 6.92 Å². The van der Waals surface area contributed by atoms with Crippen LogP contribution in [0.2, 0.25) is 0 Å². The molecule has 2 amide bonds. The van der Waals surface area contributed by atoms with E-state index in [1.165, 1.54) is 6.07 Å². The molecule has 0 aliphatic carbocycles. The van der Waals surface area contributed by atoms with Crippen molar-refractivity contribution in [3.8, 4) is 0 Å². The topological polar surface area (TPSA) is 78.4 Å². The molecular formula is C14H18F2N2O3. The Morgan fingerprint density at radius 3 is 2.57 bits per heavy atom. The summed E-state index contributed by atoms with van der Waals surface area (Å²) in [5.41, 5.74) is 0.148. The lowest BCUT2D eigenvalue weighted by Crippen LogP contribution is -2.39. The van der Waals surface area contributed by atoms with Crippen LogP contribution in [0.5, 0.6) is 0 Å². The maximum Gasteiger partial charge on any atom is 0.315 e. The van der Waals surface area contributed by atoms with Gasteiger partial charge in [-0.3, -0.25) is 4.79 Å². The van der Waals surface area contributed by atoms with Crippen LogP contribution in [0.25, 0.3) is 0 Å². The number of carboxylic acids is 1. The van der Waals surface area contributed by atoms with Crippen LogP contribution in [0.3, 0.4) is 0 Å². The van der Waals surface area contributed by atoms with Gasteiger partial charge in [-0.2, -0.15) is 0 Å². The number of urea groups is 1. The highest BCUT2D eigenvalue weighted by Crippen LogP contribution is 2.09. The molecule has 0 saturated heterocycles. The van der Waals surface area contributed by atoms with Gasteiger partial charge in [0, 0.05) is 24.7 Å². The molecule has 7 heteroatoms. The summed E-state index contributed by atoms with van der Waals surface area (Å²) in [6.07, 6.45) is 1.16. The van der Waals surface area contributed by atoms with Crippen molar-refractivity contribution in [2.24, 2.45) is 5.92 Å². The van der Waals surface area contributed by atoms with E-state index in [9.17, 15) is 18.4 Å². The number of hydrogen-bond donors (Lipinski definition) is 3. The van der Waals surface area contributed by atoms with Crippen LogP contribution >= 0.6 is 0 Å². The lowest BCUT2D eigenvalue weighted by molar-refractivity contribution is -0.141. The Bertz CT molecular complexity index is 509. The number of hydrogen-bond acceptors (Lipinski definition) is 2. The molecule has 0 aliphatic heterocycles. The highest BCUT2D eigenvalue weighted by atomic mass is 19.1. The summed E-state index contributed by atoms with van der Waals surface area (Å²) in [7, 11) is 0. The monoisotopic (exact) mass is 300 g/mol. The number of rotatable bonds is 7. The predicted octanol–water partition coefficient (Wildman–Crippen LogP) is 2.26. The van der Waals surface area contributed by atoms with Crippen LogP contribution in [0.1, 0.15) is 25.3 Å². The van der Waals surface area contributed by atoms with Gasteiger partial charge in [0.25, 0.3) is 0 Å². The zero-order chi connectivity index (χ0) is 15.8. The van der Waals surface area contributed by atoms with Crippen molar-refractivity contribution in [2.75, 3.05) is 6.54 Å². The first kappa shape index (κ1) is 16.9. The molecule has 5 nitrogen and oxygen atoms in total. The van der Waals surface area contributed by atoms with E-state index >= 15 is 0 Å². The molecule has 0 aliphatic rings. The van der Waals surface area contributed by atoms with Gasteiger partial charge in [-0.05, 0) is 12.5 Å². The van der Waals surface area contributed by atoms with Crippen LogP contribution in [-0.4, -0.2) is 23.7 Å². The fourth-order valence-corrected chi connectivity index (χ4v) is 1.78. The first-order valence-electron chi connectivity index (χ1n) is 6.62. The van der Waals surface area contributed by atoms with E-state index in [2.05, 4.69) is 10.6 Å². The number of amides is 2. The number of carbonyl (C=O) groups excluding carboxylic acids is 1. The Morgan fingerprint density at radius 1 is 1.29 bits per heavy atom. The standard InChI is InChI=1S/C14H18F2N2O3/c1-2-3-10(13(19)20)8-18-14(21)17-7-9-4-5-11(15)6-12(9)16/h4-6,10H,2-3,7-8H2,1H3,(H,19,20)(H2,17,18,21). The SMILES string of the molecule is CCCC(CNC(=O)NCc1ccc(F)cc1F)C(=O)O. The average Bonchev–Trinajstić information content (AvgIpc) is 2.42. The number of aliphatic carboxylic acids is 1. The number of halogens is 2. The minimum absolute atomic E-state index is 0.000899. The molecule has 0 spiro atoms. The van der Waals surface area contributed by atoms with Crippen molar-refractivity contribution in [3.05, 3.63) is 35.4 Å². The summed E-state index contributed by atoms with van der Waals surface area (Å²) in [6, 6.07) is 2.47. The molecule has 21 heavy (non-hydrogen) atoms. The fraction of sp³-hybridized carbons (Fsp3) is 0.429. The molecule has 1 rings (SSSR count). The quantitative estimate of drug-likeness (QED) is 0.723. The minimum atomic E-state index is -0.971. The Hall–Kier alpha value is -2.18. The van der Waals surface area contributed by atoms with Crippen LogP contribution in [0, 0.1) is 17.6 Å². The van der Waals surface area contributed by atoms with Gasteiger partial charge in [-0.15, -0.1) is 0 Å². The predicted molar refractivity (Wildman–Crippen MR) is 72.6 cm³/mol. The van der Waals surface area contributed by atoms with Gasteiger partial charge in [-0.1, -0.05) is 19.4 Å². The second-order valence-corrected chi connectivity index (χ2v) is 4.62. The Balaban J connectivity index is 2.41. The van der Waals surface area contributed by atoms with E-state index in [-0.39, 0.29) is 18.7 Å². The molecule has 1 unspecified atom stereocenters. The summed E-state index contributed by atoms with van der Waals surface area (Å²) >= 11 is 0. The first-order chi connectivity index (χ1) is 9.93. The van der Waals surface area contributed by atoms with Gasteiger partial charge >= 0.3 is 12.0 Å². The largest absolute Gasteiger partial charge is 0.481 e. The highest BCUT2D eigenvalue weighted by Gasteiger charge is 2.17. The van der Waals surface area contributed by atoms with Crippen molar-refractivity contribution < 1.29 is 23.5 Å². The van der Waals surface area contributed by atoms with Crippen molar-refractivity contribution in [1.82, 2.24) is 10.6 Å². The van der Waals surface area contributed by atoms with Gasteiger partial charge in [0.2, 0.25) is 0 Å². The van der Waals surface area contributed by atoms with E-state index in [0.29, 0.717) is 12.8 Å². The number of carbonyl (C=O) groups is 2. The molecule has 0 fully saturated rings. The van der Waals surface area contributed by atoms with Gasteiger partial charge in [0.15, 0.2) is 0 Å². The van der Waals surface area contributed by atoms with Gasteiger partial charge in [0.1, 0.15) is 11.6 Å². The van der Waals surface area contributed by atoms with E-state index in [1.54, 1.807) is 0 Å². The van der Waals surface area contributed by atoms with Crippen molar-refractivity contribution >= 4 is 12.0 Å². The third-order valence-corrected chi connectivity index (χ3v) is 2.95. The average molecular weight is 300 g/mol. The van der Waals surface area contributed by atoms with E-state index in [4.69, 9.17) is 5.11 Å². The fourth-order valence-electron chi connectivity index (χ4n) is 1.78. The lowest BCUT2D eigenvalue weighted by atomic mass is 10.0. The first-order valence-corrected chi connectivity index (χ1v) is 6.62. The molecule has 0 saturated carbocycles. The molecule has 1 atom stereocenters. The molecule has 0 bridgehead atoms. The smallest absolute Gasteiger partial charge is 0.315 e. The van der Waals surface area contributed by atoms with Crippen LogP contribution in [0.4, 0.5) is 13.6 Å². The zero-order valence-electron chi connectivity index (χ0n) is 11.7. The summed E-state index contributed by atoms with van der Waals surface area (Å²) in [5.74, 6) is -3.06. The molecular weight excluding hydrogens is 282 g/mol. The molecule has 1 aromatic rings. The highest BCUT2D eigenvalue weighted by molar-refractivity contribution is 5.75. The van der Waals surface area contributed by atoms with E-state index in [0.717, 1.165) is 12.1 Å². The van der Waals surface area contributed by atoms with Crippen LogP contribution in [-0.2, 0) is 11.3 Å².